The summed E-state index contributed by atoms with van der Waals surface area (Å²) in [5, 5.41) is 0. The number of aromatic nitrogens is 1. The number of ether oxygens (including phenoxy) is 2. The van der Waals surface area contributed by atoms with Crippen LogP contribution in [-0.2, 0) is 0 Å². The molecule has 0 saturated carbocycles. The van der Waals surface area contributed by atoms with Crippen molar-refractivity contribution in [2.75, 3.05) is 7.11 Å². The average Bonchev–Trinajstić information content (AvgIpc) is 2.47. The van der Waals surface area contributed by atoms with E-state index in [1.165, 1.54) is 5.56 Å². The van der Waals surface area contributed by atoms with Gasteiger partial charge in [-0.25, -0.2) is 0 Å². The molecule has 4 heteroatoms. The van der Waals surface area contributed by atoms with Gasteiger partial charge >= 0.3 is 0 Å². The lowest BCUT2D eigenvalue weighted by molar-refractivity contribution is 0.160. The van der Waals surface area contributed by atoms with E-state index in [0.717, 1.165) is 29.0 Å². The number of nitrogens with two attached hydrogens (primary N) is 1. The molecule has 0 aliphatic carbocycles. The van der Waals surface area contributed by atoms with Gasteiger partial charge in [0, 0.05) is 42.0 Å². The average molecular weight is 270 g/mol. The Bertz CT molecular complexity index is 628. The standard InChI is InChI=1S/C16H18N2O2/c1-10-5-6-18-9-13(10)16-8-14(17)12-4-3-11(19-2)7-15(12)20-16/h3-7,9,14,16H,8,17H2,1-2H3/t14-,16?/m0/s1. The van der Waals surface area contributed by atoms with Crippen LogP contribution in [0.15, 0.2) is 36.7 Å². The number of pyridine rings is 1. The molecule has 2 heterocycles. The number of hydrogen-bond donors (Lipinski definition) is 1. The Morgan fingerprint density at radius 2 is 2.15 bits per heavy atom. The SMILES string of the molecule is COc1ccc2c(c1)OC(c1cnccc1C)C[C@@H]2N. The van der Waals surface area contributed by atoms with Gasteiger partial charge in [0.15, 0.2) is 0 Å². The lowest BCUT2D eigenvalue weighted by Crippen LogP contribution is -2.24. The van der Waals surface area contributed by atoms with E-state index in [4.69, 9.17) is 15.2 Å². The van der Waals surface area contributed by atoms with Crippen LogP contribution >= 0.6 is 0 Å². The molecule has 0 spiro atoms. The van der Waals surface area contributed by atoms with Gasteiger partial charge in [0.25, 0.3) is 0 Å². The minimum atomic E-state index is -0.0571. The molecule has 1 aromatic heterocycles. The molecule has 0 bridgehead atoms. The number of aryl methyl sites for hydroxylation is 1. The predicted molar refractivity (Wildman–Crippen MR) is 76.9 cm³/mol. The molecule has 0 fully saturated rings. The van der Waals surface area contributed by atoms with Crippen LogP contribution in [0.3, 0.4) is 0 Å². The van der Waals surface area contributed by atoms with E-state index in [0.29, 0.717) is 0 Å². The van der Waals surface area contributed by atoms with Crippen molar-refractivity contribution in [1.29, 1.82) is 0 Å². The van der Waals surface area contributed by atoms with Crippen LogP contribution in [-0.4, -0.2) is 12.1 Å². The molecular formula is C16H18N2O2. The van der Waals surface area contributed by atoms with Crippen LogP contribution < -0.4 is 15.2 Å². The van der Waals surface area contributed by atoms with Crippen molar-refractivity contribution < 1.29 is 9.47 Å². The summed E-state index contributed by atoms with van der Waals surface area (Å²) in [6, 6.07) is 7.75. The summed E-state index contributed by atoms with van der Waals surface area (Å²) in [5.41, 5.74) is 9.57. The van der Waals surface area contributed by atoms with Crippen LogP contribution in [0.4, 0.5) is 0 Å². The molecule has 1 aromatic carbocycles. The number of hydrogen-bond acceptors (Lipinski definition) is 4. The second-order valence-corrected chi connectivity index (χ2v) is 5.08. The zero-order chi connectivity index (χ0) is 14.1. The van der Waals surface area contributed by atoms with E-state index in [-0.39, 0.29) is 12.1 Å². The van der Waals surface area contributed by atoms with Crippen LogP contribution in [0.1, 0.15) is 35.3 Å². The number of fused-ring (bicyclic) bond motifs is 1. The zero-order valence-corrected chi connectivity index (χ0v) is 11.7. The Kier molecular flexibility index (Phi) is 3.32. The van der Waals surface area contributed by atoms with Crippen LogP contribution in [0.2, 0.25) is 0 Å². The zero-order valence-electron chi connectivity index (χ0n) is 11.7. The maximum atomic E-state index is 6.27. The van der Waals surface area contributed by atoms with Gasteiger partial charge < -0.3 is 15.2 Å². The Morgan fingerprint density at radius 1 is 1.30 bits per heavy atom. The quantitative estimate of drug-likeness (QED) is 0.911. The number of benzene rings is 1. The Morgan fingerprint density at radius 3 is 2.90 bits per heavy atom. The molecule has 1 unspecified atom stereocenters. The second-order valence-electron chi connectivity index (χ2n) is 5.08. The second kappa shape index (κ2) is 5.13. The molecule has 3 rings (SSSR count). The van der Waals surface area contributed by atoms with E-state index in [1.807, 2.05) is 30.5 Å². The van der Waals surface area contributed by atoms with Crippen molar-refractivity contribution in [2.45, 2.75) is 25.5 Å². The number of methoxy groups -OCH3 is 1. The molecule has 2 N–H and O–H groups in total. The molecule has 20 heavy (non-hydrogen) atoms. The summed E-state index contributed by atoms with van der Waals surface area (Å²) in [5.74, 6) is 1.58. The lowest BCUT2D eigenvalue weighted by Gasteiger charge is -2.31. The highest BCUT2D eigenvalue weighted by Crippen LogP contribution is 2.41. The van der Waals surface area contributed by atoms with Crippen LogP contribution in [0, 0.1) is 6.92 Å². The number of rotatable bonds is 2. The summed E-state index contributed by atoms with van der Waals surface area (Å²) in [4.78, 5) is 4.19. The molecule has 1 aliphatic heterocycles. The maximum Gasteiger partial charge on any atom is 0.128 e. The van der Waals surface area contributed by atoms with E-state index >= 15 is 0 Å². The third kappa shape index (κ3) is 2.23. The molecule has 0 saturated heterocycles. The predicted octanol–water partition coefficient (Wildman–Crippen LogP) is 2.92. The molecular weight excluding hydrogens is 252 g/mol. The largest absolute Gasteiger partial charge is 0.497 e. The van der Waals surface area contributed by atoms with Gasteiger partial charge in [-0.3, -0.25) is 4.98 Å². The Labute approximate surface area is 118 Å². The first kappa shape index (κ1) is 12.9. The van der Waals surface area contributed by atoms with Crippen molar-refractivity contribution >= 4 is 0 Å². The molecule has 0 radical (unpaired) electrons. The van der Waals surface area contributed by atoms with Gasteiger partial charge in [-0.1, -0.05) is 6.07 Å². The van der Waals surface area contributed by atoms with Gasteiger partial charge in [-0.2, -0.15) is 0 Å². The third-order valence-electron chi connectivity index (χ3n) is 3.78. The molecule has 2 atom stereocenters. The van der Waals surface area contributed by atoms with E-state index in [9.17, 15) is 0 Å². The lowest BCUT2D eigenvalue weighted by atomic mass is 9.92. The Hall–Kier alpha value is -2.07. The van der Waals surface area contributed by atoms with Crippen molar-refractivity contribution in [3.8, 4) is 11.5 Å². The van der Waals surface area contributed by atoms with Crippen molar-refractivity contribution in [1.82, 2.24) is 4.98 Å². The molecule has 104 valence electrons. The first-order valence-corrected chi connectivity index (χ1v) is 6.69. The van der Waals surface area contributed by atoms with Gasteiger partial charge in [0.2, 0.25) is 0 Å². The third-order valence-corrected chi connectivity index (χ3v) is 3.78. The normalized spacial score (nSPS) is 20.9. The summed E-state index contributed by atoms with van der Waals surface area (Å²) >= 11 is 0. The highest BCUT2D eigenvalue weighted by atomic mass is 16.5. The van der Waals surface area contributed by atoms with Gasteiger partial charge in [0.1, 0.15) is 17.6 Å². The molecule has 1 aliphatic rings. The van der Waals surface area contributed by atoms with Crippen LogP contribution in [0.5, 0.6) is 11.5 Å². The summed E-state index contributed by atoms with van der Waals surface area (Å²) < 4.78 is 11.4. The van der Waals surface area contributed by atoms with E-state index in [2.05, 4.69) is 11.9 Å². The smallest absolute Gasteiger partial charge is 0.128 e. The summed E-state index contributed by atoms with van der Waals surface area (Å²) in [6.45, 7) is 2.06. The monoisotopic (exact) mass is 270 g/mol. The fraction of sp³-hybridized carbons (Fsp3) is 0.312. The van der Waals surface area contributed by atoms with Gasteiger partial charge in [-0.15, -0.1) is 0 Å². The molecule has 0 amide bonds. The first-order chi connectivity index (χ1) is 9.69. The first-order valence-electron chi connectivity index (χ1n) is 6.69. The molecule has 2 aromatic rings. The topological polar surface area (TPSA) is 57.4 Å². The van der Waals surface area contributed by atoms with Crippen molar-refractivity contribution in [2.24, 2.45) is 5.73 Å². The van der Waals surface area contributed by atoms with Gasteiger partial charge in [-0.05, 0) is 24.6 Å². The Balaban J connectivity index is 1.97. The van der Waals surface area contributed by atoms with Crippen molar-refractivity contribution in [3.05, 3.63) is 53.3 Å². The summed E-state index contributed by atoms with van der Waals surface area (Å²) in [7, 11) is 1.65. The fourth-order valence-corrected chi connectivity index (χ4v) is 2.61. The molecule has 4 nitrogen and oxygen atoms in total. The minimum Gasteiger partial charge on any atom is -0.497 e. The van der Waals surface area contributed by atoms with E-state index < -0.39 is 0 Å². The highest BCUT2D eigenvalue weighted by Gasteiger charge is 2.28. The fourth-order valence-electron chi connectivity index (χ4n) is 2.61. The van der Waals surface area contributed by atoms with Crippen LogP contribution in [0.25, 0.3) is 0 Å². The van der Waals surface area contributed by atoms with E-state index in [1.54, 1.807) is 13.3 Å². The van der Waals surface area contributed by atoms with Gasteiger partial charge in [0.05, 0.1) is 7.11 Å². The highest BCUT2D eigenvalue weighted by molar-refractivity contribution is 5.44. The van der Waals surface area contributed by atoms with Crippen molar-refractivity contribution in [3.63, 3.8) is 0 Å². The summed E-state index contributed by atoms with van der Waals surface area (Å²) in [6.07, 6.45) is 4.35. The number of nitrogens with zero attached hydrogens (tertiary/aromatic N) is 1. The minimum absolute atomic E-state index is 0.0331. The maximum absolute atomic E-state index is 6.27.